The minimum atomic E-state index is 0.280. The van der Waals surface area contributed by atoms with Gasteiger partial charge in [0.25, 0.3) is 0 Å². The second-order valence-corrected chi connectivity index (χ2v) is 4.51. The van der Waals surface area contributed by atoms with Gasteiger partial charge in [-0.1, -0.05) is 6.42 Å². The highest BCUT2D eigenvalue weighted by Gasteiger charge is 2.21. The van der Waals surface area contributed by atoms with Crippen molar-refractivity contribution >= 4 is 0 Å². The summed E-state index contributed by atoms with van der Waals surface area (Å²) in [5.74, 6) is 0. The number of hydrogen-bond acceptors (Lipinski definition) is 3. The van der Waals surface area contributed by atoms with Gasteiger partial charge < -0.3 is 5.11 Å². The molecule has 1 aliphatic heterocycles. The van der Waals surface area contributed by atoms with Crippen LogP contribution >= 0.6 is 0 Å². The van der Waals surface area contributed by atoms with Gasteiger partial charge >= 0.3 is 0 Å². The molecular formula is C12H21N3O. The maximum Gasteiger partial charge on any atom is 0.0586 e. The summed E-state index contributed by atoms with van der Waals surface area (Å²) in [6, 6.07) is 0.346. The van der Waals surface area contributed by atoms with Gasteiger partial charge in [-0.2, -0.15) is 5.10 Å². The van der Waals surface area contributed by atoms with Gasteiger partial charge in [-0.25, -0.2) is 0 Å². The summed E-state index contributed by atoms with van der Waals surface area (Å²) in [6.07, 6.45) is 7.66. The molecule has 0 bridgehead atoms. The predicted octanol–water partition coefficient (Wildman–Crippen LogP) is 1.25. The van der Waals surface area contributed by atoms with Crippen LogP contribution in [0.1, 0.15) is 31.7 Å². The Kier molecular flexibility index (Phi) is 3.96. The van der Waals surface area contributed by atoms with Gasteiger partial charge in [0, 0.05) is 30.9 Å². The number of likely N-dealkylation sites (tertiary alicyclic amines) is 1. The highest BCUT2D eigenvalue weighted by atomic mass is 16.3. The fourth-order valence-corrected chi connectivity index (χ4v) is 2.37. The maximum absolute atomic E-state index is 9.33. The van der Waals surface area contributed by atoms with Gasteiger partial charge in [-0.05, 0) is 26.3 Å². The number of aliphatic hydroxyl groups is 1. The van der Waals surface area contributed by atoms with E-state index in [0.29, 0.717) is 6.04 Å². The molecule has 4 nitrogen and oxygen atoms in total. The molecule has 0 saturated carbocycles. The van der Waals surface area contributed by atoms with Crippen LogP contribution in [0.25, 0.3) is 0 Å². The Balaban J connectivity index is 1.96. The molecule has 1 saturated heterocycles. The van der Waals surface area contributed by atoms with E-state index in [1.807, 2.05) is 10.9 Å². The summed E-state index contributed by atoms with van der Waals surface area (Å²) < 4.78 is 1.95. The number of aryl methyl sites for hydroxylation is 1. The van der Waals surface area contributed by atoms with E-state index in [2.05, 4.69) is 23.1 Å². The van der Waals surface area contributed by atoms with Gasteiger partial charge in [0.1, 0.15) is 0 Å². The van der Waals surface area contributed by atoms with Crippen molar-refractivity contribution in [2.45, 2.75) is 45.3 Å². The largest absolute Gasteiger partial charge is 0.395 e. The first kappa shape index (κ1) is 11.6. The molecule has 1 aromatic heterocycles. The average Bonchev–Trinajstić information content (AvgIpc) is 2.77. The zero-order valence-electron chi connectivity index (χ0n) is 9.97. The van der Waals surface area contributed by atoms with Crippen molar-refractivity contribution in [2.24, 2.45) is 0 Å². The number of piperidine rings is 1. The van der Waals surface area contributed by atoms with Crippen molar-refractivity contribution in [3.05, 3.63) is 18.0 Å². The van der Waals surface area contributed by atoms with E-state index in [4.69, 9.17) is 0 Å². The first-order valence-electron chi connectivity index (χ1n) is 6.19. The van der Waals surface area contributed by atoms with E-state index < -0.39 is 0 Å². The summed E-state index contributed by atoms with van der Waals surface area (Å²) in [6.45, 7) is 5.31. The Morgan fingerprint density at radius 3 is 3.06 bits per heavy atom. The molecule has 16 heavy (non-hydrogen) atoms. The second-order valence-electron chi connectivity index (χ2n) is 4.51. The molecule has 4 heteroatoms. The first-order valence-corrected chi connectivity index (χ1v) is 6.19. The number of aromatic nitrogens is 2. The van der Waals surface area contributed by atoms with Crippen LogP contribution < -0.4 is 0 Å². The molecule has 1 N–H and O–H groups in total. The van der Waals surface area contributed by atoms with Crippen LogP contribution in [0.5, 0.6) is 0 Å². The Hall–Kier alpha value is -0.870. The normalized spacial score (nSPS) is 22.5. The molecule has 90 valence electrons. The van der Waals surface area contributed by atoms with Gasteiger partial charge in [0.15, 0.2) is 0 Å². The standard InChI is InChI=1S/C12H21N3O/c1-2-15-9-11(7-13-15)8-14-6-4-3-5-12(14)10-16/h7,9,12,16H,2-6,8,10H2,1H3. The molecule has 1 atom stereocenters. The lowest BCUT2D eigenvalue weighted by Crippen LogP contribution is -2.41. The highest BCUT2D eigenvalue weighted by Crippen LogP contribution is 2.18. The number of hydrogen-bond donors (Lipinski definition) is 1. The fraction of sp³-hybridized carbons (Fsp3) is 0.750. The molecule has 1 aliphatic rings. The van der Waals surface area contributed by atoms with Gasteiger partial charge in [-0.3, -0.25) is 9.58 Å². The van der Waals surface area contributed by atoms with E-state index in [0.717, 1.165) is 26.1 Å². The van der Waals surface area contributed by atoms with Crippen LogP contribution in [0, 0.1) is 0 Å². The van der Waals surface area contributed by atoms with Crippen molar-refractivity contribution in [1.82, 2.24) is 14.7 Å². The zero-order valence-corrected chi connectivity index (χ0v) is 9.97. The SMILES string of the molecule is CCn1cc(CN2CCCCC2CO)cn1. The Bertz CT molecular complexity index is 324. The number of nitrogens with zero attached hydrogens (tertiary/aromatic N) is 3. The van der Waals surface area contributed by atoms with E-state index in [1.54, 1.807) is 0 Å². The van der Waals surface area contributed by atoms with Crippen LogP contribution in [0.15, 0.2) is 12.4 Å². The van der Waals surface area contributed by atoms with Crippen molar-refractivity contribution in [2.75, 3.05) is 13.2 Å². The predicted molar refractivity (Wildman–Crippen MR) is 63.0 cm³/mol. The van der Waals surface area contributed by atoms with Crippen molar-refractivity contribution in [3.8, 4) is 0 Å². The summed E-state index contributed by atoms with van der Waals surface area (Å²) in [4.78, 5) is 2.38. The van der Waals surface area contributed by atoms with Gasteiger partial charge in [-0.15, -0.1) is 0 Å². The van der Waals surface area contributed by atoms with E-state index >= 15 is 0 Å². The van der Waals surface area contributed by atoms with Crippen LogP contribution in [0.2, 0.25) is 0 Å². The van der Waals surface area contributed by atoms with E-state index in [-0.39, 0.29) is 6.61 Å². The smallest absolute Gasteiger partial charge is 0.0586 e. The molecule has 1 aromatic rings. The van der Waals surface area contributed by atoms with Gasteiger partial charge in [0.2, 0.25) is 0 Å². The van der Waals surface area contributed by atoms with Crippen molar-refractivity contribution < 1.29 is 5.11 Å². The molecule has 0 amide bonds. The molecule has 1 fully saturated rings. The summed E-state index contributed by atoms with van der Waals surface area (Å²) in [5.41, 5.74) is 1.25. The quantitative estimate of drug-likeness (QED) is 0.835. The summed E-state index contributed by atoms with van der Waals surface area (Å²) >= 11 is 0. The van der Waals surface area contributed by atoms with Crippen LogP contribution in [0.3, 0.4) is 0 Å². The zero-order chi connectivity index (χ0) is 11.4. The molecule has 1 unspecified atom stereocenters. The minimum Gasteiger partial charge on any atom is -0.395 e. The Labute approximate surface area is 96.9 Å². The number of aliphatic hydroxyl groups excluding tert-OH is 1. The first-order chi connectivity index (χ1) is 7.83. The third-order valence-corrected chi connectivity index (χ3v) is 3.36. The molecular weight excluding hydrogens is 202 g/mol. The lowest BCUT2D eigenvalue weighted by molar-refractivity contribution is 0.0841. The monoisotopic (exact) mass is 223 g/mol. The third kappa shape index (κ3) is 2.62. The topological polar surface area (TPSA) is 41.3 Å². The fourth-order valence-electron chi connectivity index (χ4n) is 2.37. The molecule has 0 radical (unpaired) electrons. The van der Waals surface area contributed by atoms with Crippen molar-refractivity contribution in [1.29, 1.82) is 0 Å². The minimum absolute atomic E-state index is 0.280. The number of rotatable bonds is 4. The molecule has 0 spiro atoms. The van der Waals surface area contributed by atoms with Gasteiger partial charge in [0.05, 0.1) is 12.8 Å². The maximum atomic E-state index is 9.33. The van der Waals surface area contributed by atoms with Crippen LogP contribution in [0.4, 0.5) is 0 Å². The summed E-state index contributed by atoms with van der Waals surface area (Å²) in [5, 5.41) is 13.6. The third-order valence-electron chi connectivity index (χ3n) is 3.36. The average molecular weight is 223 g/mol. The molecule has 2 rings (SSSR count). The van der Waals surface area contributed by atoms with E-state index in [1.165, 1.54) is 18.4 Å². The molecule has 2 heterocycles. The van der Waals surface area contributed by atoms with Crippen LogP contribution in [-0.4, -0.2) is 39.0 Å². The van der Waals surface area contributed by atoms with Crippen LogP contribution in [-0.2, 0) is 13.1 Å². The summed E-state index contributed by atoms with van der Waals surface area (Å²) in [7, 11) is 0. The lowest BCUT2D eigenvalue weighted by Gasteiger charge is -2.34. The molecule has 0 aromatic carbocycles. The van der Waals surface area contributed by atoms with Crippen molar-refractivity contribution in [3.63, 3.8) is 0 Å². The molecule has 0 aliphatic carbocycles. The Morgan fingerprint density at radius 1 is 1.50 bits per heavy atom. The second kappa shape index (κ2) is 5.46. The Morgan fingerprint density at radius 2 is 2.38 bits per heavy atom. The lowest BCUT2D eigenvalue weighted by atomic mass is 10.0. The highest BCUT2D eigenvalue weighted by molar-refractivity contribution is 5.04. The van der Waals surface area contributed by atoms with E-state index in [9.17, 15) is 5.11 Å².